The zero-order chi connectivity index (χ0) is 19.8. The van der Waals surface area contributed by atoms with Crippen molar-refractivity contribution in [3.8, 4) is 17.2 Å². The van der Waals surface area contributed by atoms with Crippen LogP contribution in [0.4, 0.5) is 5.69 Å². The van der Waals surface area contributed by atoms with E-state index < -0.39 is 0 Å². The first kappa shape index (κ1) is 18.5. The number of aromatic nitrogens is 1. The lowest BCUT2D eigenvalue weighted by molar-refractivity contribution is 0.473. The smallest absolute Gasteiger partial charge is 0.227 e. The molecule has 0 spiro atoms. The van der Waals surface area contributed by atoms with E-state index in [1.807, 2.05) is 38.1 Å². The number of phenols is 1. The molecule has 0 aliphatic rings. The molecule has 1 N–H and O–H groups in total. The Labute approximate surface area is 172 Å². The maximum atomic E-state index is 10.2. The van der Waals surface area contributed by atoms with Gasteiger partial charge in [-0.3, -0.25) is 4.99 Å². The summed E-state index contributed by atoms with van der Waals surface area (Å²) in [6.45, 7) is 3.72. The lowest BCUT2D eigenvalue weighted by atomic mass is 10.0. The Morgan fingerprint density at radius 3 is 2.54 bits per heavy atom. The third-order valence-corrected chi connectivity index (χ3v) is 5.33. The number of aryl methyl sites for hydroxylation is 1. The molecule has 3 aromatic carbocycles. The lowest BCUT2D eigenvalue weighted by Gasteiger charge is -2.08. The minimum Gasteiger partial charge on any atom is -0.507 e. The van der Waals surface area contributed by atoms with E-state index in [1.54, 1.807) is 30.5 Å². The van der Waals surface area contributed by atoms with Crippen LogP contribution in [0.15, 0.2) is 57.9 Å². The number of hydrogen-bond donors (Lipinski definition) is 1. The predicted molar refractivity (Wildman–Crippen MR) is 114 cm³/mol. The largest absolute Gasteiger partial charge is 0.507 e. The second-order valence-electron chi connectivity index (χ2n) is 6.50. The van der Waals surface area contributed by atoms with E-state index in [0.29, 0.717) is 32.6 Å². The van der Waals surface area contributed by atoms with Crippen molar-refractivity contribution >= 4 is 46.2 Å². The van der Waals surface area contributed by atoms with Crippen LogP contribution in [0.1, 0.15) is 16.7 Å². The first-order valence-corrected chi connectivity index (χ1v) is 9.37. The fraction of sp³-hybridized carbons (Fsp3) is 0.0909. The molecule has 0 aliphatic heterocycles. The zero-order valence-corrected chi connectivity index (χ0v) is 16.7. The first-order valence-electron chi connectivity index (χ1n) is 8.61. The average molecular weight is 411 g/mol. The molecular weight excluding hydrogens is 395 g/mol. The second-order valence-corrected chi connectivity index (χ2v) is 7.32. The van der Waals surface area contributed by atoms with Gasteiger partial charge < -0.3 is 9.52 Å². The highest BCUT2D eigenvalue weighted by Crippen LogP contribution is 2.31. The molecule has 4 rings (SSSR count). The number of oxazole rings is 1. The Morgan fingerprint density at radius 1 is 1.04 bits per heavy atom. The molecule has 0 saturated heterocycles. The third-order valence-electron chi connectivity index (χ3n) is 4.52. The van der Waals surface area contributed by atoms with Crippen LogP contribution < -0.4 is 0 Å². The topological polar surface area (TPSA) is 58.6 Å². The zero-order valence-electron chi connectivity index (χ0n) is 15.2. The highest BCUT2D eigenvalue weighted by Gasteiger charge is 2.10. The van der Waals surface area contributed by atoms with Crippen LogP contribution in [0.2, 0.25) is 10.0 Å². The van der Waals surface area contributed by atoms with Crippen molar-refractivity contribution in [3.05, 3.63) is 75.3 Å². The molecule has 0 bridgehead atoms. The Morgan fingerprint density at radius 2 is 1.79 bits per heavy atom. The summed E-state index contributed by atoms with van der Waals surface area (Å²) in [5.41, 5.74) is 5.20. The van der Waals surface area contributed by atoms with Gasteiger partial charge in [-0.1, -0.05) is 23.2 Å². The van der Waals surface area contributed by atoms with Crippen molar-refractivity contribution in [3.63, 3.8) is 0 Å². The third kappa shape index (κ3) is 3.49. The number of rotatable bonds is 3. The van der Waals surface area contributed by atoms with Gasteiger partial charge >= 0.3 is 0 Å². The predicted octanol–water partition coefficient (Wildman–Crippen LogP) is 6.87. The van der Waals surface area contributed by atoms with Crippen molar-refractivity contribution in [1.82, 2.24) is 4.98 Å². The number of aliphatic imine (C=N–C) groups is 1. The Kier molecular flexibility index (Phi) is 4.84. The van der Waals surface area contributed by atoms with Crippen molar-refractivity contribution in [2.45, 2.75) is 13.8 Å². The Balaban J connectivity index is 1.61. The minimum absolute atomic E-state index is 0.157. The average Bonchev–Trinajstić information content (AvgIpc) is 3.09. The number of fused-ring (bicyclic) bond motifs is 1. The van der Waals surface area contributed by atoms with Gasteiger partial charge in [-0.25, -0.2) is 4.98 Å². The van der Waals surface area contributed by atoms with E-state index in [4.69, 9.17) is 27.6 Å². The molecular formula is C22H16Cl2N2O2. The molecule has 0 amide bonds. The van der Waals surface area contributed by atoms with E-state index in [1.165, 1.54) is 0 Å². The van der Waals surface area contributed by atoms with E-state index in [2.05, 4.69) is 9.98 Å². The quantitative estimate of drug-likeness (QED) is 0.374. The Bertz CT molecular complexity index is 1210. The van der Waals surface area contributed by atoms with Crippen molar-refractivity contribution in [1.29, 1.82) is 0 Å². The van der Waals surface area contributed by atoms with E-state index in [0.717, 1.165) is 22.4 Å². The molecule has 0 fully saturated rings. The maximum absolute atomic E-state index is 10.2. The molecule has 28 heavy (non-hydrogen) atoms. The Hall–Kier alpha value is -2.82. The number of halogens is 2. The van der Waals surface area contributed by atoms with E-state index in [9.17, 15) is 5.11 Å². The molecule has 4 aromatic rings. The molecule has 4 nitrogen and oxygen atoms in total. The molecule has 0 aliphatic carbocycles. The van der Waals surface area contributed by atoms with Crippen LogP contribution in [0, 0.1) is 13.8 Å². The summed E-state index contributed by atoms with van der Waals surface area (Å²) in [6, 6.07) is 14.5. The van der Waals surface area contributed by atoms with Crippen LogP contribution in [0.3, 0.4) is 0 Å². The molecule has 140 valence electrons. The molecule has 1 aromatic heterocycles. The van der Waals surface area contributed by atoms with Crippen LogP contribution in [0.5, 0.6) is 5.75 Å². The van der Waals surface area contributed by atoms with Gasteiger partial charge in [-0.2, -0.15) is 0 Å². The fourth-order valence-corrected chi connectivity index (χ4v) is 3.29. The lowest BCUT2D eigenvalue weighted by Crippen LogP contribution is -1.92. The van der Waals surface area contributed by atoms with Crippen LogP contribution >= 0.6 is 23.2 Å². The molecule has 0 unspecified atom stereocenters. The SMILES string of the molecule is Cc1cc(O)c(C=Nc2ccc(-c3nc4cc(Cl)ccc4o3)cc2)c(C)c1Cl. The standard InChI is InChI=1S/C22H16Cl2N2O2/c1-12-9-19(27)17(13(2)21(12)24)11-25-16-6-3-14(4-7-16)22-26-18-10-15(23)5-8-20(18)28-22/h3-11,27H,1-2H3. The van der Waals surface area contributed by atoms with Crippen LogP contribution in [-0.4, -0.2) is 16.3 Å². The van der Waals surface area contributed by atoms with Gasteiger partial charge in [0, 0.05) is 27.4 Å². The van der Waals surface area contributed by atoms with Gasteiger partial charge in [0.1, 0.15) is 11.3 Å². The van der Waals surface area contributed by atoms with Gasteiger partial charge in [0.15, 0.2) is 5.58 Å². The summed E-state index contributed by atoms with van der Waals surface area (Å²) >= 11 is 12.3. The highest BCUT2D eigenvalue weighted by atomic mass is 35.5. The second kappa shape index (κ2) is 7.30. The van der Waals surface area contributed by atoms with Gasteiger partial charge in [-0.15, -0.1) is 0 Å². The van der Waals surface area contributed by atoms with Gasteiger partial charge in [-0.05, 0) is 73.5 Å². The summed E-state index contributed by atoms with van der Waals surface area (Å²) in [7, 11) is 0. The number of benzene rings is 3. The van der Waals surface area contributed by atoms with Crippen molar-refractivity contribution < 1.29 is 9.52 Å². The van der Waals surface area contributed by atoms with E-state index in [-0.39, 0.29) is 5.75 Å². The molecule has 0 radical (unpaired) electrons. The number of nitrogens with zero attached hydrogens (tertiary/aromatic N) is 2. The number of phenolic OH excluding ortho intramolecular Hbond substituents is 1. The van der Waals surface area contributed by atoms with Crippen LogP contribution in [0.25, 0.3) is 22.6 Å². The van der Waals surface area contributed by atoms with Crippen molar-refractivity contribution in [2.24, 2.45) is 4.99 Å². The molecule has 1 heterocycles. The highest BCUT2D eigenvalue weighted by molar-refractivity contribution is 6.32. The summed E-state index contributed by atoms with van der Waals surface area (Å²) < 4.78 is 5.78. The fourth-order valence-electron chi connectivity index (χ4n) is 2.97. The summed E-state index contributed by atoms with van der Waals surface area (Å²) in [5, 5.41) is 11.4. The molecule has 6 heteroatoms. The first-order chi connectivity index (χ1) is 13.4. The maximum Gasteiger partial charge on any atom is 0.227 e. The number of aromatic hydroxyl groups is 1. The van der Waals surface area contributed by atoms with Gasteiger partial charge in [0.2, 0.25) is 5.89 Å². The minimum atomic E-state index is 0.157. The molecule has 0 saturated carbocycles. The van der Waals surface area contributed by atoms with Gasteiger partial charge in [0.05, 0.1) is 5.69 Å². The summed E-state index contributed by atoms with van der Waals surface area (Å²) in [6.07, 6.45) is 1.62. The van der Waals surface area contributed by atoms with Gasteiger partial charge in [0.25, 0.3) is 0 Å². The van der Waals surface area contributed by atoms with Crippen LogP contribution in [-0.2, 0) is 0 Å². The van der Waals surface area contributed by atoms with E-state index >= 15 is 0 Å². The number of hydrogen-bond acceptors (Lipinski definition) is 4. The monoisotopic (exact) mass is 410 g/mol. The normalized spacial score (nSPS) is 11.6. The molecule has 0 atom stereocenters. The summed E-state index contributed by atoms with van der Waals surface area (Å²) in [4.78, 5) is 8.92. The summed E-state index contributed by atoms with van der Waals surface area (Å²) in [5.74, 6) is 0.677. The van der Waals surface area contributed by atoms with Crippen molar-refractivity contribution in [2.75, 3.05) is 0 Å².